The summed E-state index contributed by atoms with van der Waals surface area (Å²) in [5.41, 5.74) is 5.43. The lowest BCUT2D eigenvalue weighted by Crippen LogP contribution is -2.39. The van der Waals surface area contributed by atoms with Gasteiger partial charge in [-0.2, -0.15) is 0 Å². The van der Waals surface area contributed by atoms with Crippen molar-refractivity contribution in [1.82, 2.24) is 5.32 Å². The van der Waals surface area contributed by atoms with Gasteiger partial charge in [-0.15, -0.1) is 6.58 Å². The number of hydrogen-bond donors (Lipinski definition) is 2. The molecule has 0 heterocycles. The van der Waals surface area contributed by atoms with E-state index in [-0.39, 0.29) is 5.91 Å². The Morgan fingerprint density at radius 2 is 2.50 bits per heavy atom. The topological polar surface area (TPSA) is 55.1 Å². The molecule has 3 N–H and O–H groups in total. The smallest absolute Gasteiger partial charge is 0.237 e. The molecule has 3 nitrogen and oxygen atoms in total. The maximum Gasteiger partial charge on any atom is 0.237 e. The fourth-order valence-corrected chi connectivity index (χ4v) is 0.592. The minimum absolute atomic E-state index is 0.109. The lowest BCUT2D eigenvalue weighted by Gasteiger charge is -2.07. The molecule has 0 aromatic rings. The van der Waals surface area contributed by atoms with Crippen molar-refractivity contribution in [2.75, 3.05) is 6.54 Å². The number of nitrogens with one attached hydrogen (secondary N) is 1. The van der Waals surface area contributed by atoms with E-state index >= 15 is 0 Å². The molecule has 0 saturated carbocycles. The average molecular weight is 142 g/mol. The van der Waals surface area contributed by atoms with Gasteiger partial charge in [0.05, 0.1) is 6.04 Å². The van der Waals surface area contributed by atoms with Crippen molar-refractivity contribution >= 4 is 5.91 Å². The zero-order valence-electron chi connectivity index (χ0n) is 6.26. The van der Waals surface area contributed by atoms with Crippen molar-refractivity contribution < 1.29 is 4.79 Å². The molecule has 1 atom stereocenters. The minimum atomic E-state index is -0.433. The van der Waals surface area contributed by atoms with Crippen molar-refractivity contribution in [3.63, 3.8) is 0 Å². The Labute approximate surface area is 61.3 Å². The Morgan fingerprint density at radius 1 is 1.90 bits per heavy atom. The fourth-order valence-electron chi connectivity index (χ4n) is 0.592. The normalized spacial score (nSPS) is 12.2. The van der Waals surface area contributed by atoms with Gasteiger partial charge in [0.2, 0.25) is 5.91 Å². The number of nitrogens with two attached hydrogens (primary N) is 1. The van der Waals surface area contributed by atoms with Crippen molar-refractivity contribution in [2.45, 2.75) is 19.4 Å². The summed E-state index contributed by atoms with van der Waals surface area (Å²) in [7, 11) is 0. The third-order valence-corrected chi connectivity index (χ3v) is 1.11. The number of rotatable bonds is 4. The second-order valence-corrected chi connectivity index (χ2v) is 2.03. The molecule has 0 aliphatic heterocycles. The van der Waals surface area contributed by atoms with Crippen LogP contribution in [0.4, 0.5) is 0 Å². The van der Waals surface area contributed by atoms with Crippen LogP contribution < -0.4 is 11.1 Å². The molecule has 0 fully saturated rings. The van der Waals surface area contributed by atoms with Gasteiger partial charge < -0.3 is 11.1 Å². The molecule has 1 amide bonds. The zero-order valence-corrected chi connectivity index (χ0v) is 6.26. The summed E-state index contributed by atoms with van der Waals surface area (Å²) in [6, 6.07) is -0.433. The Morgan fingerprint density at radius 3 is 2.90 bits per heavy atom. The predicted octanol–water partition coefficient (Wildman–Crippen LogP) is 0.0259. The number of likely N-dealkylation sites (N-methyl/N-ethyl adjacent to an activating group) is 1. The molecule has 0 bridgehead atoms. The molecule has 0 aliphatic rings. The van der Waals surface area contributed by atoms with E-state index in [0.29, 0.717) is 13.0 Å². The van der Waals surface area contributed by atoms with E-state index in [1.54, 1.807) is 6.08 Å². The first-order chi connectivity index (χ1) is 4.72. The SMILES string of the molecule is C=CCC(N)C(=O)NCC. The van der Waals surface area contributed by atoms with Gasteiger partial charge in [0.25, 0.3) is 0 Å². The van der Waals surface area contributed by atoms with Crippen LogP contribution in [0.1, 0.15) is 13.3 Å². The lowest BCUT2D eigenvalue weighted by molar-refractivity contribution is -0.122. The molecule has 0 aliphatic carbocycles. The van der Waals surface area contributed by atoms with Gasteiger partial charge >= 0.3 is 0 Å². The minimum Gasteiger partial charge on any atom is -0.355 e. The summed E-state index contributed by atoms with van der Waals surface area (Å²) in [5, 5.41) is 2.62. The van der Waals surface area contributed by atoms with Gasteiger partial charge in [-0.05, 0) is 13.3 Å². The first-order valence-electron chi connectivity index (χ1n) is 3.36. The highest BCUT2D eigenvalue weighted by molar-refractivity contribution is 5.81. The third-order valence-electron chi connectivity index (χ3n) is 1.11. The molecule has 0 saturated heterocycles. The number of amides is 1. The summed E-state index contributed by atoms with van der Waals surface area (Å²) < 4.78 is 0. The highest BCUT2D eigenvalue weighted by Gasteiger charge is 2.08. The molecule has 1 unspecified atom stereocenters. The first kappa shape index (κ1) is 9.17. The van der Waals surface area contributed by atoms with Gasteiger partial charge in [-0.25, -0.2) is 0 Å². The maximum absolute atomic E-state index is 10.8. The van der Waals surface area contributed by atoms with Gasteiger partial charge in [0, 0.05) is 6.54 Å². The van der Waals surface area contributed by atoms with Crippen LogP contribution in [0.25, 0.3) is 0 Å². The van der Waals surface area contributed by atoms with E-state index < -0.39 is 6.04 Å². The number of hydrogen-bond acceptors (Lipinski definition) is 2. The van der Waals surface area contributed by atoms with Gasteiger partial charge in [-0.3, -0.25) is 4.79 Å². The van der Waals surface area contributed by atoms with Gasteiger partial charge in [0.15, 0.2) is 0 Å². The summed E-state index contributed by atoms with van der Waals surface area (Å²) in [6.45, 7) is 5.97. The Hall–Kier alpha value is -0.830. The highest BCUT2D eigenvalue weighted by Crippen LogP contribution is 1.87. The second-order valence-electron chi connectivity index (χ2n) is 2.03. The average Bonchev–Trinajstić information content (AvgIpc) is 1.89. The van der Waals surface area contributed by atoms with Crippen molar-refractivity contribution in [1.29, 1.82) is 0 Å². The van der Waals surface area contributed by atoms with Crippen molar-refractivity contribution in [3.05, 3.63) is 12.7 Å². The Kier molecular flexibility index (Phi) is 4.58. The van der Waals surface area contributed by atoms with E-state index in [4.69, 9.17) is 5.73 Å². The summed E-state index contributed by atoms with van der Waals surface area (Å²) >= 11 is 0. The molecule has 0 aromatic carbocycles. The molecular formula is C7H14N2O. The summed E-state index contributed by atoms with van der Waals surface area (Å²) in [4.78, 5) is 10.8. The lowest BCUT2D eigenvalue weighted by atomic mass is 10.2. The van der Waals surface area contributed by atoms with Crippen LogP contribution in [0.5, 0.6) is 0 Å². The van der Waals surface area contributed by atoms with Gasteiger partial charge in [0.1, 0.15) is 0 Å². The number of carbonyl (C=O) groups excluding carboxylic acids is 1. The van der Waals surface area contributed by atoms with Crippen LogP contribution in [0.2, 0.25) is 0 Å². The van der Waals surface area contributed by atoms with Crippen LogP contribution in [-0.2, 0) is 4.79 Å². The molecule has 0 aromatic heterocycles. The zero-order chi connectivity index (χ0) is 7.98. The Bertz CT molecular complexity index is 123. The maximum atomic E-state index is 10.8. The highest BCUT2D eigenvalue weighted by atomic mass is 16.2. The summed E-state index contributed by atoms with van der Waals surface area (Å²) in [5.74, 6) is -0.109. The van der Waals surface area contributed by atoms with Crippen LogP contribution in [0, 0.1) is 0 Å². The van der Waals surface area contributed by atoms with Crippen molar-refractivity contribution in [2.24, 2.45) is 5.73 Å². The van der Waals surface area contributed by atoms with E-state index in [0.717, 1.165) is 0 Å². The standard InChI is InChI=1S/C7H14N2O/c1-3-5-6(8)7(10)9-4-2/h3,6H,1,4-5,8H2,2H3,(H,9,10). The molecule has 10 heavy (non-hydrogen) atoms. The first-order valence-corrected chi connectivity index (χ1v) is 3.36. The molecule has 0 radical (unpaired) electrons. The summed E-state index contributed by atoms with van der Waals surface area (Å²) in [6.07, 6.45) is 2.17. The van der Waals surface area contributed by atoms with Crippen LogP contribution in [0.15, 0.2) is 12.7 Å². The monoisotopic (exact) mass is 142 g/mol. The Balaban J connectivity index is 3.58. The van der Waals surface area contributed by atoms with Crippen LogP contribution in [0.3, 0.4) is 0 Å². The largest absolute Gasteiger partial charge is 0.355 e. The molecule has 0 spiro atoms. The fraction of sp³-hybridized carbons (Fsp3) is 0.571. The molecule has 58 valence electrons. The molecule has 3 heteroatoms. The van der Waals surface area contributed by atoms with E-state index in [9.17, 15) is 4.79 Å². The van der Waals surface area contributed by atoms with E-state index in [2.05, 4.69) is 11.9 Å². The van der Waals surface area contributed by atoms with Crippen LogP contribution in [-0.4, -0.2) is 18.5 Å². The van der Waals surface area contributed by atoms with Crippen molar-refractivity contribution in [3.8, 4) is 0 Å². The third kappa shape index (κ3) is 3.25. The number of carbonyl (C=O) groups is 1. The quantitative estimate of drug-likeness (QED) is 0.544. The second kappa shape index (κ2) is 4.99. The predicted molar refractivity (Wildman–Crippen MR) is 41.5 cm³/mol. The van der Waals surface area contributed by atoms with E-state index in [1.165, 1.54) is 0 Å². The molecule has 0 rings (SSSR count). The molecular weight excluding hydrogens is 128 g/mol. The van der Waals surface area contributed by atoms with Gasteiger partial charge in [-0.1, -0.05) is 6.08 Å². The van der Waals surface area contributed by atoms with Crippen LogP contribution >= 0.6 is 0 Å². The van der Waals surface area contributed by atoms with E-state index in [1.807, 2.05) is 6.92 Å².